The van der Waals surface area contributed by atoms with Gasteiger partial charge in [0.15, 0.2) is 0 Å². The van der Waals surface area contributed by atoms with Crippen molar-refractivity contribution in [3.05, 3.63) is 35.4 Å². The maximum Gasteiger partial charge on any atom is 0.222 e. The van der Waals surface area contributed by atoms with Crippen molar-refractivity contribution >= 4 is 11.8 Å². The van der Waals surface area contributed by atoms with E-state index < -0.39 is 0 Å². The number of carbonyl (C=O) groups excluding carboxylic acids is 2. The lowest BCUT2D eigenvalue weighted by Gasteiger charge is -2.24. The lowest BCUT2D eigenvalue weighted by molar-refractivity contribution is -0.123. The van der Waals surface area contributed by atoms with Gasteiger partial charge >= 0.3 is 0 Å². The Morgan fingerprint density at radius 3 is 2.36 bits per heavy atom. The van der Waals surface area contributed by atoms with Crippen LogP contribution in [0.1, 0.15) is 62.6 Å². The molecule has 2 N–H and O–H groups in total. The summed E-state index contributed by atoms with van der Waals surface area (Å²) in [5.74, 6) is -0.0951. The summed E-state index contributed by atoms with van der Waals surface area (Å²) in [6.07, 6.45) is 6.08. The summed E-state index contributed by atoms with van der Waals surface area (Å²) in [6, 6.07) is 8.00. The molecule has 0 spiro atoms. The van der Waals surface area contributed by atoms with Gasteiger partial charge in [0.1, 0.15) is 0 Å². The topological polar surface area (TPSA) is 58.2 Å². The van der Waals surface area contributed by atoms with E-state index in [0.717, 1.165) is 24.0 Å². The van der Waals surface area contributed by atoms with E-state index in [9.17, 15) is 9.59 Å². The second-order valence-electron chi connectivity index (χ2n) is 6.27. The second kappa shape index (κ2) is 7.97. The Balaban J connectivity index is 1.97. The molecule has 4 heteroatoms. The Bertz CT molecular complexity index is 504. The first kappa shape index (κ1) is 16.5. The van der Waals surface area contributed by atoms with Crippen molar-refractivity contribution in [3.8, 4) is 0 Å². The Morgan fingerprint density at radius 1 is 1.14 bits per heavy atom. The molecule has 0 radical (unpaired) electrons. The van der Waals surface area contributed by atoms with E-state index in [-0.39, 0.29) is 17.9 Å². The molecule has 0 heterocycles. The van der Waals surface area contributed by atoms with Crippen molar-refractivity contribution in [3.63, 3.8) is 0 Å². The van der Waals surface area contributed by atoms with Gasteiger partial charge in [0.05, 0.1) is 12.5 Å². The molecule has 1 aromatic carbocycles. The highest BCUT2D eigenvalue weighted by Gasteiger charge is 2.20. The average molecular weight is 302 g/mol. The highest BCUT2D eigenvalue weighted by atomic mass is 16.2. The van der Waals surface area contributed by atoms with Gasteiger partial charge in [0, 0.05) is 13.0 Å². The van der Waals surface area contributed by atoms with Gasteiger partial charge in [-0.1, -0.05) is 49.1 Å². The number of rotatable bonds is 5. The van der Waals surface area contributed by atoms with E-state index in [0.29, 0.717) is 12.5 Å². The first-order chi connectivity index (χ1) is 10.5. The van der Waals surface area contributed by atoms with Gasteiger partial charge in [-0.05, 0) is 25.3 Å². The number of hydrogen-bond acceptors (Lipinski definition) is 2. The van der Waals surface area contributed by atoms with Crippen molar-refractivity contribution < 1.29 is 9.59 Å². The molecule has 0 bridgehead atoms. The molecule has 22 heavy (non-hydrogen) atoms. The van der Waals surface area contributed by atoms with E-state index in [1.807, 2.05) is 31.2 Å². The molecule has 0 aromatic heterocycles. The lowest BCUT2D eigenvalue weighted by atomic mass is 9.95. The fourth-order valence-electron chi connectivity index (χ4n) is 3.02. The summed E-state index contributed by atoms with van der Waals surface area (Å²) in [6.45, 7) is 3.51. The minimum atomic E-state index is -0.262. The standard InChI is InChI=1S/C18H26N2O2/c1-13-8-10-15(11-9-13)17(19-14(2)21)12-18(22)20-16-6-4-3-5-7-16/h8-11,16-17H,3-7,12H2,1-2H3,(H,19,21)(H,20,22). The van der Waals surface area contributed by atoms with Crippen LogP contribution in [0.2, 0.25) is 0 Å². The molecule has 1 atom stereocenters. The van der Waals surface area contributed by atoms with Gasteiger partial charge in [-0.15, -0.1) is 0 Å². The fraction of sp³-hybridized carbons (Fsp3) is 0.556. The van der Waals surface area contributed by atoms with Crippen LogP contribution in [0.4, 0.5) is 0 Å². The second-order valence-corrected chi connectivity index (χ2v) is 6.27. The van der Waals surface area contributed by atoms with Gasteiger partial charge in [0.2, 0.25) is 11.8 Å². The number of nitrogens with one attached hydrogen (secondary N) is 2. The molecule has 1 aliphatic rings. The van der Waals surface area contributed by atoms with Crippen LogP contribution in [-0.2, 0) is 9.59 Å². The summed E-state index contributed by atoms with van der Waals surface area (Å²) in [5, 5.41) is 6.00. The van der Waals surface area contributed by atoms with Crippen molar-refractivity contribution in [2.24, 2.45) is 0 Å². The molecule has 1 saturated carbocycles. The summed E-state index contributed by atoms with van der Waals surface area (Å²) < 4.78 is 0. The van der Waals surface area contributed by atoms with E-state index in [1.54, 1.807) is 0 Å². The van der Waals surface area contributed by atoms with Crippen molar-refractivity contribution in [2.75, 3.05) is 0 Å². The molecular formula is C18H26N2O2. The molecular weight excluding hydrogens is 276 g/mol. The van der Waals surface area contributed by atoms with Crippen LogP contribution in [0.25, 0.3) is 0 Å². The van der Waals surface area contributed by atoms with E-state index in [4.69, 9.17) is 0 Å². The molecule has 120 valence electrons. The highest BCUT2D eigenvalue weighted by Crippen LogP contribution is 2.20. The molecule has 4 nitrogen and oxygen atoms in total. The quantitative estimate of drug-likeness (QED) is 0.878. The smallest absolute Gasteiger partial charge is 0.222 e. The van der Waals surface area contributed by atoms with Gasteiger partial charge in [-0.3, -0.25) is 9.59 Å². The number of hydrogen-bond donors (Lipinski definition) is 2. The van der Waals surface area contributed by atoms with Crippen LogP contribution in [0.15, 0.2) is 24.3 Å². The van der Waals surface area contributed by atoms with Gasteiger partial charge in [-0.2, -0.15) is 0 Å². The monoisotopic (exact) mass is 302 g/mol. The van der Waals surface area contributed by atoms with Crippen molar-refractivity contribution in [1.29, 1.82) is 0 Å². The predicted molar refractivity (Wildman–Crippen MR) is 87.4 cm³/mol. The summed E-state index contributed by atoms with van der Waals surface area (Å²) in [7, 11) is 0. The van der Waals surface area contributed by atoms with Crippen molar-refractivity contribution in [1.82, 2.24) is 10.6 Å². The molecule has 2 amide bonds. The zero-order chi connectivity index (χ0) is 15.9. The zero-order valence-corrected chi connectivity index (χ0v) is 13.5. The molecule has 0 saturated heterocycles. The van der Waals surface area contributed by atoms with Gasteiger partial charge in [-0.25, -0.2) is 0 Å². The largest absolute Gasteiger partial charge is 0.353 e. The Morgan fingerprint density at radius 2 is 1.77 bits per heavy atom. The first-order valence-corrected chi connectivity index (χ1v) is 8.17. The van der Waals surface area contributed by atoms with Crippen LogP contribution in [0.3, 0.4) is 0 Å². The molecule has 2 rings (SSSR count). The molecule has 1 aliphatic carbocycles. The third-order valence-corrected chi connectivity index (χ3v) is 4.22. The SMILES string of the molecule is CC(=O)NC(CC(=O)NC1CCCCC1)c1ccc(C)cc1. The van der Waals surface area contributed by atoms with Crippen LogP contribution in [-0.4, -0.2) is 17.9 Å². The first-order valence-electron chi connectivity index (χ1n) is 8.17. The normalized spacial score (nSPS) is 16.8. The van der Waals surface area contributed by atoms with Crippen molar-refractivity contribution in [2.45, 2.75) is 64.5 Å². The van der Waals surface area contributed by atoms with E-state index >= 15 is 0 Å². The number of carbonyl (C=O) groups is 2. The molecule has 1 fully saturated rings. The van der Waals surface area contributed by atoms with Crippen LogP contribution in [0, 0.1) is 6.92 Å². The summed E-state index contributed by atoms with van der Waals surface area (Å²) in [5.41, 5.74) is 2.14. The molecule has 1 unspecified atom stereocenters. The van der Waals surface area contributed by atoms with Crippen LogP contribution >= 0.6 is 0 Å². The minimum Gasteiger partial charge on any atom is -0.353 e. The Hall–Kier alpha value is -1.84. The lowest BCUT2D eigenvalue weighted by Crippen LogP contribution is -2.39. The molecule has 1 aromatic rings. The van der Waals surface area contributed by atoms with Crippen LogP contribution in [0.5, 0.6) is 0 Å². The highest BCUT2D eigenvalue weighted by molar-refractivity contribution is 5.79. The zero-order valence-electron chi connectivity index (χ0n) is 13.5. The number of amides is 2. The third-order valence-electron chi connectivity index (χ3n) is 4.22. The fourth-order valence-corrected chi connectivity index (χ4v) is 3.02. The van der Waals surface area contributed by atoms with Gasteiger partial charge < -0.3 is 10.6 Å². The van der Waals surface area contributed by atoms with Gasteiger partial charge in [0.25, 0.3) is 0 Å². The average Bonchev–Trinajstić information content (AvgIpc) is 2.48. The summed E-state index contributed by atoms with van der Waals surface area (Å²) >= 11 is 0. The maximum atomic E-state index is 12.3. The minimum absolute atomic E-state index is 0.0197. The predicted octanol–water partition coefficient (Wildman–Crippen LogP) is 3.01. The third kappa shape index (κ3) is 5.17. The Kier molecular flexibility index (Phi) is 5.99. The summed E-state index contributed by atoms with van der Waals surface area (Å²) in [4.78, 5) is 23.7. The van der Waals surface area contributed by atoms with Crippen LogP contribution < -0.4 is 10.6 Å². The molecule has 0 aliphatic heterocycles. The number of aryl methyl sites for hydroxylation is 1. The number of benzene rings is 1. The van der Waals surface area contributed by atoms with E-state index in [2.05, 4.69) is 10.6 Å². The maximum absolute atomic E-state index is 12.3. The van der Waals surface area contributed by atoms with E-state index in [1.165, 1.54) is 26.2 Å². The Labute approximate surface area is 132 Å².